The van der Waals surface area contributed by atoms with Crippen LogP contribution in [-0.2, 0) is 16.0 Å². The van der Waals surface area contributed by atoms with Crippen molar-refractivity contribution in [2.45, 2.75) is 38.6 Å². The Hall–Kier alpha value is -1.84. The van der Waals surface area contributed by atoms with E-state index < -0.39 is 17.4 Å². The first-order valence-corrected chi connectivity index (χ1v) is 7.00. The summed E-state index contributed by atoms with van der Waals surface area (Å²) >= 11 is 0. The number of benzene rings is 1. The summed E-state index contributed by atoms with van der Waals surface area (Å²) in [6.07, 6.45) is 3.42. The zero-order valence-corrected chi connectivity index (χ0v) is 12.0. The number of hydrogen-bond acceptors (Lipinski definition) is 2. The summed E-state index contributed by atoms with van der Waals surface area (Å²) in [5.74, 6) is -1.00. The maximum Gasteiger partial charge on any atom is 0.326 e. The summed E-state index contributed by atoms with van der Waals surface area (Å²) < 4.78 is 0. The molecule has 1 aromatic rings. The van der Waals surface area contributed by atoms with Gasteiger partial charge in [0.25, 0.3) is 0 Å². The maximum absolute atomic E-state index is 12.7. The normalized spacial score (nSPS) is 17.9. The molecular weight excluding hydrogens is 254 g/mol. The third-order valence-electron chi connectivity index (χ3n) is 4.41. The fraction of sp³-hybridized carbons (Fsp3) is 0.500. The van der Waals surface area contributed by atoms with E-state index >= 15 is 0 Å². The summed E-state index contributed by atoms with van der Waals surface area (Å²) in [5, 5.41) is 9.05. The molecule has 0 radical (unpaired) electrons. The van der Waals surface area contributed by atoms with E-state index in [9.17, 15) is 9.59 Å². The molecule has 1 aliphatic carbocycles. The fourth-order valence-electron chi connectivity index (χ4n) is 2.77. The van der Waals surface area contributed by atoms with Gasteiger partial charge in [-0.1, -0.05) is 36.8 Å². The highest BCUT2D eigenvalue weighted by Gasteiger charge is 2.46. The van der Waals surface area contributed by atoms with Crippen LogP contribution in [0.3, 0.4) is 0 Å². The molecule has 1 amide bonds. The highest BCUT2D eigenvalue weighted by Crippen LogP contribution is 2.45. The van der Waals surface area contributed by atoms with E-state index in [1.807, 2.05) is 30.3 Å². The molecule has 0 heterocycles. The first-order chi connectivity index (χ1) is 9.46. The van der Waals surface area contributed by atoms with E-state index in [0.29, 0.717) is 6.42 Å². The highest BCUT2D eigenvalue weighted by molar-refractivity contribution is 5.88. The maximum atomic E-state index is 12.7. The van der Waals surface area contributed by atoms with E-state index in [1.54, 1.807) is 14.0 Å². The minimum Gasteiger partial charge on any atom is -0.480 e. The minimum atomic E-state index is -0.963. The van der Waals surface area contributed by atoms with Crippen LogP contribution in [-0.4, -0.2) is 35.0 Å². The predicted molar refractivity (Wildman–Crippen MR) is 76.3 cm³/mol. The molecule has 1 aromatic carbocycles. The average Bonchev–Trinajstić information content (AvgIpc) is 2.41. The lowest BCUT2D eigenvalue weighted by atomic mass is 9.64. The van der Waals surface area contributed by atoms with Crippen molar-refractivity contribution in [1.82, 2.24) is 4.90 Å². The van der Waals surface area contributed by atoms with Crippen LogP contribution in [0, 0.1) is 5.41 Å². The summed E-state index contributed by atoms with van der Waals surface area (Å²) in [5.41, 5.74) is 0.733. The Bertz CT molecular complexity index is 494. The molecule has 1 N–H and O–H groups in total. The second kappa shape index (κ2) is 5.65. The first-order valence-electron chi connectivity index (χ1n) is 7.00. The Labute approximate surface area is 119 Å². The molecule has 2 rings (SSSR count). The number of likely N-dealkylation sites (N-methyl/N-ethyl adjacent to an activating group) is 1. The molecule has 0 aromatic heterocycles. The second-order valence-corrected chi connectivity index (χ2v) is 5.73. The lowest BCUT2D eigenvalue weighted by Crippen LogP contribution is -2.52. The molecule has 1 atom stereocenters. The standard InChI is InChI=1S/C16H21NO3/c1-12(14(18)19)17(2)15(20)16(9-6-10-16)11-13-7-4-3-5-8-13/h3-5,7-8,12H,6,9-11H2,1-2H3,(H,18,19). The number of nitrogens with zero attached hydrogens (tertiary/aromatic N) is 1. The van der Waals surface area contributed by atoms with Crippen molar-refractivity contribution in [3.8, 4) is 0 Å². The summed E-state index contributed by atoms with van der Waals surface area (Å²) in [6, 6.07) is 9.15. The monoisotopic (exact) mass is 275 g/mol. The van der Waals surface area contributed by atoms with Gasteiger partial charge in [0, 0.05) is 7.05 Å². The predicted octanol–water partition coefficient (Wildman–Crippen LogP) is 2.33. The SMILES string of the molecule is CC(C(=O)O)N(C)C(=O)C1(Cc2ccccc2)CCC1. The van der Waals surface area contributed by atoms with Crippen molar-refractivity contribution >= 4 is 11.9 Å². The van der Waals surface area contributed by atoms with Crippen LogP contribution in [0.25, 0.3) is 0 Å². The van der Waals surface area contributed by atoms with Gasteiger partial charge < -0.3 is 10.0 Å². The van der Waals surface area contributed by atoms with Gasteiger partial charge in [0.05, 0.1) is 5.41 Å². The van der Waals surface area contributed by atoms with Crippen LogP contribution in [0.2, 0.25) is 0 Å². The van der Waals surface area contributed by atoms with Gasteiger partial charge in [-0.3, -0.25) is 4.79 Å². The van der Waals surface area contributed by atoms with Crippen LogP contribution in [0.5, 0.6) is 0 Å². The van der Waals surface area contributed by atoms with Crippen molar-refractivity contribution < 1.29 is 14.7 Å². The van der Waals surface area contributed by atoms with E-state index in [-0.39, 0.29) is 5.91 Å². The van der Waals surface area contributed by atoms with Gasteiger partial charge in [-0.25, -0.2) is 4.79 Å². The molecule has 20 heavy (non-hydrogen) atoms. The van der Waals surface area contributed by atoms with Gasteiger partial charge in [0.1, 0.15) is 6.04 Å². The smallest absolute Gasteiger partial charge is 0.326 e. The summed E-state index contributed by atoms with van der Waals surface area (Å²) in [6.45, 7) is 1.55. The Balaban J connectivity index is 2.14. The molecule has 0 saturated heterocycles. The number of carboxylic acids is 1. The van der Waals surface area contributed by atoms with Crippen LogP contribution in [0.15, 0.2) is 30.3 Å². The molecule has 108 valence electrons. The van der Waals surface area contributed by atoms with Crippen LogP contribution in [0.1, 0.15) is 31.7 Å². The molecule has 0 spiro atoms. The molecule has 1 unspecified atom stereocenters. The molecular formula is C16H21NO3. The van der Waals surface area contributed by atoms with Gasteiger partial charge in [0.2, 0.25) is 5.91 Å². The Kier molecular flexibility index (Phi) is 4.12. The van der Waals surface area contributed by atoms with Crippen molar-refractivity contribution in [3.63, 3.8) is 0 Å². The van der Waals surface area contributed by atoms with Crippen molar-refractivity contribution in [2.75, 3.05) is 7.05 Å². The topological polar surface area (TPSA) is 57.6 Å². The molecule has 4 heteroatoms. The number of hydrogen-bond donors (Lipinski definition) is 1. The molecule has 0 aliphatic heterocycles. The number of carbonyl (C=O) groups is 2. The molecule has 0 bridgehead atoms. The van der Waals surface area contributed by atoms with Crippen molar-refractivity contribution in [1.29, 1.82) is 0 Å². The van der Waals surface area contributed by atoms with Gasteiger partial charge in [-0.05, 0) is 31.7 Å². The average molecular weight is 275 g/mol. The lowest BCUT2D eigenvalue weighted by molar-refractivity contribution is -0.156. The quantitative estimate of drug-likeness (QED) is 0.897. The van der Waals surface area contributed by atoms with Crippen LogP contribution >= 0.6 is 0 Å². The molecule has 1 fully saturated rings. The van der Waals surface area contributed by atoms with Gasteiger partial charge in [0.15, 0.2) is 0 Å². The van der Waals surface area contributed by atoms with E-state index in [2.05, 4.69) is 0 Å². The van der Waals surface area contributed by atoms with Gasteiger partial charge in [-0.2, -0.15) is 0 Å². The zero-order chi connectivity index (χ0) is 14.8. The van der Waals surface area contributed by atoms with Gasteiger partial charge >= 0.3 is 5.97 Å². The van der Waals surface area contributed by atoms with Gasteiger partial charge in [-0.15, -0.1) is 0 Å². The van der Waals surface area contributed by atoms with E-state index in [0.717, 1.165) is 24.8 Å². The number of rotatable bonds is 5. The zero-order valence-electron chi connectivity index (χ0n) is 12.0. The third kappa shape index (κ3) is 2.69. The lowest BCUT2D eigenvalue weighted by Gasteiger charge is -2.43. The number of amides is 1. The number of carbonyl (C=O) groups excluding carboxylic acids is 1. The molecule has 1 saturated carbocycles. The second-order valence-electron chi connectivity index (χ2n) is 5.73. The van der Waals surface area contributed by atoms with Crippen molar-refractivity contribution in [3.05, 3.63) is 35.9 Å². The number of aliphatic carboxylic acids is 1. The Morgan fingerprint density at radius 3 is 2.35 bits per heavy atom. The van der Waals surface area contributed by atoms with Crippen molar-refractivity contribution in [2.24, 2.45) is 5.41 Å². The minimum absolute atomic E-state index is 0.0393. The third-order valence-corrected chi connectivity index (χ3v) is 4.41. The summed E-state index contributed by atoms with van der Waals surface area (Å²) in [4.78, 5) is 25.1. The molecule has 1 aliphatic rings. The largest absolute Gasteiger partial charge is 0.480 e. The van der Waals surface area contributed by atoms with Crippen LogP contribution in [0.4, 0.5) is 0 Å². The summed E-state index contributed by atoms with van der Waals surface area (Å²) in [7, 11) is 1.59. The molecule has 4 nitrogen and oxygen atoms in total. The van der Waals surface area contributed by atoms with E-state index in [1.165, 1.54) is 4.90 Å². The first kappa shape index (κ1) is 14.6. The number of carboxylic acid groups (broad SMARTS) is 1. The fourth-order valence-corrected chi connectivity index (χ4v) is 2.77. The van der Waals surface area contributed by atoms with Crippen LogP contribution < -0.4 is 0 Å². The Morgan fingerprint density at radius 1 is 1.30 bits per heavy atom. The highest BCUT2D eigenvalue weighted by atomic mass is 16.4. The van der Waals surface area contributed by atoms with E-state index in [4.69, 9.17) is 5.11 Å². The Morgan fingerprint density at radius 2 is 1.90 bits per heavy atom.